The number of nitrogens with one attached hydrogen (secondary N) is 1. The first-order valence-electron chi connectivity index (χ1n) is 13.3. The number of aliphatic hydroxyl groups is 1. The van der Waals surface area contributed by atoms with E-state index in [2.05, 4.69) is 28.2 Å². The molecule has 0 bridgehead atoms. The van der Waals surface area contributed by atoms with Crippen LogP contribution in [0, 0.1) is 12.8 Å². The minimum Gasteiger partial charge on any atom is -0.491 e. The number of ether oxygens (including phenoxy) is 2. The van der Waals surface area contributed by atoms with Crippen LogP contribution < -0.4 is 15.0 Å². The van der Waals surface area contributed by atoms with Gasteiger partial charge in [0, 0.05) is 68.0 Å². The van der Waals surface area contributed by atoms with Gasteiger partial charge < -0.3 is 24.8 Å². The van der Waals surface area contributed by atoms with E-state index in [1.807, 2.05) is 49.8 Å². The lowest BCUT2D eigenvalue weighted by molar-refractivity contribution is 0.108. The van der Waals surface area contributed by atoms with Crippen molar-refractivity contribution in [3.05, 3.63) is 65.6 Å². The highest BCUT2D eigenvalue weighted by molar-refractivity contribution is 5.62. The third kappa shape index (κ3) is 6.26. The highest BCUT2D eigenvalue weighted by atomic mass is 16.5. The van der Waals surface area contributed by atoms with Crippen molar-refractivity contribution in [2.45, 2.75) is 38.2 Å². The van der Waals surface area contributed by atoms with Gasteiger partial charge in [-0.1, -0.05) is 18.2 Å². The third-order valence-electron chi connectivity index (χ3n) is 7.34. The summed E-state index contributed by atoms with van der Waals surface area (Å²) in [6.45, 7) is 6.35. The molecule has 2 aromatic heterocycles. The highest BCUT2D eigenvalue weighted by Gasteiger charge is 2.28. The second-order valence-electron chi connectivity index (χ2n) is 10.1. The SMILES string of the molecule is CNCC(O)COc1cccc(-c2nc(C[C@@H]3CCOC3)c(C)c(N3CC[C@@H](c4cccnc4)C3)n2)c1. The van der Waals surface area contributed by atoms with Crippen molar-refractivity contribution in [3.63, 3.8) is 0 Å². The van der Waals surface area contributed by atoms with E-state index in [0.717, 1.165) is 68.2 Å². The van der Waals surface area contributed by atoms with Crippen LogP contribution in [0.3, 0.4) is 0 Å². The number of hydrogen-bond acceptors (Lipinski definition) is 8. The van der Waals surface area contributed by atoms with Gasteiger partial charge in [0.2, 0.25) is 0 Å². The summed E-state index contributed by atoms with van der Waals surface area (Å²) < 4.78 is 11.5. The van der Waals surface area contributed by atoms with E-state index in [-0.39, 0.29) is 6.61 Å². The van der Waals surface area contributed by atoms with Crippen molar-refractivity contribution < 1.29 is 14.6 Å². The number of aromatic nitrogens is 3. The van der Waals surface area contributed by atoms with E-state index in [4.69, 9.17) is 19.4 Å². The zero-order valence-corrected chi connectivity index (χ0v) is 21.8. The zero-order chi connectivity index (χ0) is 25.6. The van der Waals surface area contributed by atoms with Crippen LogP contribution in [0.1, 0.15) is 35.6 Å². The molecule has 0 spiro atoms. The van der Waals surface area contributed by atoms with E-state index < -0.39 is 6.10 Å². The maximum atomic E-state index is 10.0. The van der Waals surface area contributed by atoms with Crippen LogP contribution >= 0.6 is 0 Å². The fourth-order valence-corrected chi connectivity index (χ4v) is 5.26. The summed E-state index contributed by atoms with van der Waals surface area (Å²) in [6.07, 6.45) is 6.28. The summed E-state index contributed by atoms with van der Waals surface area (Å²) in [4.78, 5) is 16.9. The largest absolute Gasteiger partial charge is 0.491 e. The maximum absolute atomic E-state index is 10.0. The standard InChI is InChI=1S/C29H37N5O3/c1-20-27(13-21-9-12-36-18-21)32-28(22-5-3-7-26(14-22)37-19-25(35)16-30-2)33-29(20)34-11-8-24(17-34)23-6-4-10-31-15-23/h3-7,10,14-15,21,24-25,30,35H,8-9,11-13,16-19H2,1-2H3/t21-,24+,25?/m0/s1. The minimum absolute atomic E-state index is 0.223. The first-order valence-corrected chi connectivity index (χ1v) is 13.3. The number of aliphatic hydroxyl groups excluding tert-OH is 1. The van der Waals surface area contributed by atoms with Crippen molar-refractivity contribution >= 4 is 5.82 Å². The van der Waals surface area contributed by atoms with Crippen molar-refractivity contribution in [2.24, 2.45) is 5.92 Å². The molecule has 5 rings (SSSR count). The van der Waals surface area contributed by atoms with E-state index in [1.165, 1.54) is 5.56 Å². The molecule has 1 unspecified atom stereocenters. The van der Waals surface area contributed by atoms with Gasteiger partial charge >= 0.3 is 0 Å². The van der Waals surface area contributed by atoms with Gasteiger partial charge in [-0.2, -0.15) is 0 Å². The predicted molar refractivity (Wildman–Crippen MR) is 144 cm³/mol. The molecular formula is C29H37N5O3. The van der Waals surface area contributed by atoms with Crippen molar-refractivity contribution in [3.8, 4) is 17.1 Å². The van der Waals surface area contributed by atoms with Gasteiger partial charge in [0.1, 0.15) is 24.3 Å². The Balaban J connectivity index is 1.43. The monoisotopic (exact) mass is 503 g/mol. The Kier molecular flexibility index (Phi) is 8.28. The van der Waals surface area contributed by atoms with Crippen LogP contribution in [0.2, 0.25) is 0 Å². The van der Waals surface area contributed by atoms with Crippen molar-refractivity contribution in [1.29, 1.82) is 0 Å². The number of rotatable bonds is 10. The van der Waals surface area contributed by atoms with Crippen LogP contribution in [-0.2, 0) is 11.2 Å². The molecular weight excluding hydrogens is 466 g/mol. The lowest BCUT2D eigenvalue weighted by Gasteiger charge is -2.23. The van der Waals surface area contributed by atoms with Crippen LogP contribution in [0.15, 0.2) is 48.8 Å². The Morgan fingerprint density at radius 2 is 2.14 bits per heavy atom. The van der Waals surface area contributed by atoms with E-state index in [9.17, 15) is 5.11 Å². The Morgan fingerprint density at radius 1 is 1.22 bits per heavy atom. The van der Waals surface area contributed by atoms with Crippen molar-refractivity contribution in [2.75, 3.05) is 51.4 Å². The summed E-state index contributed by atoms with van der Waals surface area (Å²) in [5.74, 6) is 3.35. The summed E-state index contributed by atoms with van der Waals surface area (Å²) in [5.41, 5.74) is 4.44. The summed E-state index contributed by atoms with van der Waals surface area (Å²) >= 11 is 0. The molecule has 8 heteroatoms. The fraction of sp³-hybridized carbons (Fsp3) is 0.483. The Bertz CT molecular complexity index is 1170. The first kappa shape index (κ1) is 25.6. The quantitative estimate of drug-likeness (QED) is 0.435. The molecule has 2 N–H and O–H groups in total. The summed E-state index contributed by atoms with van der Waals surface area (Å²) in [7, 11) is 1.81. The molecule has 0 aliphatic carbocycles. The molecule has 2 saturated heterocycles. The third-order valence-corrected chi connectivity index (χ3v) is 7.34. The fourth-order valence-electron chi connectivity index (χ4n) is 5.26. The molecule has 0 saturated carbocycles. The number of hydrogen-bond donors (Lipinski definition) is 2. The zero-order valence-electron chi connectivity index (χ0n) is 21.8. The van der Waals surface area contributed by atoms with E-state index >= 15 is 0 Å². The topological polar surface area (TPSA) is 92.6 Å². The molecule has 2 aliphatic rings. The van der Waals surface area contributed by atoms with E-state index in [1.54, 1.807) is 0 Å². The second kappa shape index (κ2) is 12.0. The molecule has 37 heavy (non-hydrogen) atoms. The number of likely N-dealkylation sites (N-methyl/N-ethyl adjacent to an activating group) is 1. The van der Waals surface area contributed by atoms with Gasteiger partial charge in [-0.05, 0) is 62.9 Å². The summed E-state index contributed by atoms with van der Waals surface area (Å²) in [6, 6.07) is 12.0. The minimum atomic E-state index is -0.570. The van der Waals surface area contributed by atoms with E-state index in [0.29, 0.717) is 30.0 Å². The van der Waals surface area contributed by atoms with Crippen LogP contribution in [0.5, 0.6) is 5.75 Å². The molecule has 2 fully saturated rings. The lowest BCUT2D eigenvalue weighted by Crippen LogP contribution is -2.29. The molecule has 4 heterocycles. The van der Waals surface area contributed by atoms with Gasteiger partial charge in [-0.15, -0.1) is 0 Å². The van der Waals surface area contributed by atoms with Gasteiger partial charge in [0.05, 0.1) is 0 Å². The van der Waals surface area contributed by atoms with Crippen LogP contribution in [0.25, 0.3) is 11.4 Å². The van der Waals surface area contributed by atoms with Gasteiger partial charge in [-0.3, -0.25) is 4.98 Å². The number of pyridine rings is 1. The Morgan fingerprint density at radius 3 is 2.92 bits per heavy atom. The van der Waals surface area contributed by atoms with Crippen LogP contribution in [0.4, 0.5) is 5.82 Å². The molecule has 1 aromatic carbocycles. The first-order chi connectivity index (χ1) is 18.1. The second-order valence-corrected chi connectivity index (χ2v) is 10.1. The molecule has 196 valence electrons. The lowest BCUT2D eigenvalue weighted by atomic mass is 9.99. The average Bonchev–Trinajstić information content (AvgIpc) is 3.62. The maximum Gasteiger partial charge on any atom is 0.161 e. The highest BCUT2D eigenvalue weighted by Crippen LogP contribution is 2.34. The molecule has 3 atom stereocenters. The molecule has 0 amide bonds. The van der Waals surface area contributed by atoms with Gasteiger partial charge in [0.15, 0.2) is 5.82 Å². The Labute approximate surface area is 219 Å². The smallest absolute Gasteiger partial charge is 0.161 e. The normalized spacial score (nSPS) is 20.4. The summed E-state index contributed by atoms with van der Waals surface area (Å²) in [5, 5.41) is 13.0. The van der Waals surface area contributed by atoms with Gasteiger partial charge in [-0.25, -0.2) is 9.97 Å². The predicted octanol–water partition coefficient (Wildman–Crippen LogP) is 3.38. The van der Waals surface area contributed by atoms with Gasteiger partial charge in [0.25, 0.3) is 0 Å². The molecule has 2 aliphatic heterocycles. The molecule has 0 radical (unpaired) electrons. The molecule has 3 aromatic rings. The number of benzene rings is 1. The number of anilines is 1. The molecule has 8 nitrogen and oxygen atoms in total. The Hall–Kier alpha value is -3.07. The number of nitrogens with zero attached hydrogens (tertiary/aromatic N) is 4. The van der Waals surface area contributed by atoms with Crippen molar-refractivity contribution in [1.82, 2.24) is 20.3 Å². The van der Waals surface area contributed by atoms with Crippen LogP contribution in [-0.4, -0.2) is 72.7 Å². The average molecular weight is 504 g/mol.